The van der Waals surface area contributed by atoms with Crippen LogP contribution in [0.5, 0.6) is 0 Å². The van der Waals surface area contributed by atoms with Crippen molar-refractivity contribution in [3.63, 3.8) is 0 Å². The van der Waals surface area contributed by atoms with Crippen LogP contribution in [0.1, 0.15) is 18.2 Å². The van der Waals surface area contributed by atoms with Crippen molar-refractivity contribution in [3.8, 4) is 21.8 Å². The van der Waals surface area contributed by atoms with Crippen LogP contribution < -0.4 is 0 Å². The summed E-state index contributed by atoms with van der Waals surface area (Å²) in [5, 5.41) is 15.1. The average molecular weight is 398 g/mol. The van der Waals surface area contributed by atoms with Crippen molar-refractivity contribution in [2.45, 2.75) is 12.5 Å². The molecule has 0 bridgehead atoms. The number of fused-ring (bicyclic) bond motifs is 1. The topological polar surface area (TPSA) is 74.7 Å². The summed E-state index contributed by atoms with van der Waals surface area (Å²) in [4.78, 5) is 16.7. The van der Waals surface area contributed by atoms with Gasteiger partial charge in [0.05, 0.1) is 11.4 Å². The highest BCUT2D eigenvalue weighted by Crippen LogP contribution is 2.35. The predicted molar refractivity (Wildman–Crippen MR) is 116 cm³/mol. The third-order valence-electron chi connectivity index (χ3n) is 5.07. The van der Waals surface area contributed by atoms with Crippen LogP contribution in [0, 0.1) is 0 Å². The Bertz CT molecular complexity index is 1290. The number of aromatic nitrogens is 4. The molecular weight excluding hydrogens is 380 g/mol. The molecule has 0 spiro atoms. The van der Waals surface area contributed by atoms with Crippen LogP contribution >= 0.6 is 11.3 Å². The van der Waals surface area contributed by atoms with Gasteiger partial charge in [-0.05, 0) is 42.8 Å². The molecule has 0 saturated carbocycles. The number of aromatic amines is 1. The van der Waals surface area contributed by atoms with Gasteiger partial charge in [0.2, 0.25) is 0 Å². The molecule has 0 aliphatic heterocycles. The minimum absolute atomic E-state index is 0.613. The smallest absolute Gasteiger partial charge is 0.137 e. The molecule has 0 fully saturated rings. The number of rotatable bonds is 4. The molecule has 4 aromatic heterocycles. The van der Waals surface area contributed by atoms with Crippen LogP contribution in [0.2, 0.25) is 0 Å². The average Bonchev–Trinajstić information content (AvgIpc) is 3.41. The summed E-state index contributed by atoms with van der Waals surface area (Å²) in [6.45, 7) is 1.76. The number of hydrogen-bond donors (Lipinski definition) is 2. The lowest BCUT2D eigenvalue weighted by Gasteiger charge is -2.23. The molecule has 0 aliphatic rings. The van der Waals surface area contributed by atoms with Crippen LogP contribution in [-0.2, 0) is 5.60 Å². The summed E-state index contributed by atoms with van der Waals surface area (Å²) in [6.07, 6.45) is 5.41. The first-order valence-electron chi connectivity index (χ1n) is 9.26. The van der Waals surface area contributed by atoms with E-state index in [0.717, 1.165) is 38.4 Å². The number of pyridine rings is 2. The largest absolute Gasteiger partial charge is 0.379 e. The number of aliphatic hydroxyl groups is 1. The van der Waals surface area contributed by atoms with Crippen LogP contribution in [0.25, 0.3) is 32.9 Å². The minimum Gasteiger partial charge on any atom is -0.379 e. The Morgan fingerprint density at radius 3 is 2.76 bits per heavy atom. The van der Waals surface area contributed by atoms with Crippen LogP contribution in [0.4, 0.5) is 0 Å². The highest BCUT2D eigenvalue weighted by atomic mass is 32.1. The summed E-state index contributed by atoms with van der Waals surface area (Å²) in [5.41, 5.74) is 3.94. The maximum absolute atomic E-state index is 11.1. The molecule has 1 unspecified atom stereocenters. The zero-order chi connectivity index (χ0) is 19.8. The van der Waals surface area contributed by atoms with E-state index in [0.29, 0.717) is 5.69 Å². The Hall–Kier alpha value is -3.35. The van der Waals surface area contributed by atoms with Gasteiger partial charge in [-0.3, -0.25) is 4.98 Å². The fourth-order valence-electron chi connectivity index (χ4n) is 3.44. The molecule has 1 atom stereocenters. The highest BCUT2D eigenvalue weighted by molar-refractivity contribution is 7.13. The SMILES string of the molecule is CC(O)(c1cccc(-c2csc(-c3c[nH]c4ncccc34)n2)c1)c1ccccn1. The standard InChI is InChI=1S/C23H18N4OS/c1-23(28,20-9-2-3-10-24-20)16-7-4-6-15(12-16)19-14-29-22(27-19)18-13-26-21-17(18)8-5-11-25-21/h2-14,28H,1H3,(H,25,26). The Kier molecular flexibility index (Phi) is 4.23. The molecule has 0 radical (unpaired) electrons. The van der Waals surface area contributed by atoms with E-state index in [1.807, 2.05) is 66.2 Å². The second-order valence-corrected chi connectivity index (χ2v) is 7.87. The lowest BCUT2D eigenvalue weighted by atomic mass is 9.90. The summed E-state index contributed by atoms with van der Waals surface area (Å²) < 4.78 is 0. The van der Waals surface area contributed by atoms with Gasteiger partial charge in [0.25, 0.3) is 0 Å². The first-order valence-corrected chi connectivity index (χ1v) is 10.1. The zero-order valence-corrected chi connectivity index (χ0v) is 16.5. The Morgan fingerprint density at radius 2 is 1.90 bits per heavy atom. The van der Waals surface area contributed by atoms with E-state index in [1.54, 1.807) is 30.7 Å². The molecule has 6 heteroatoms. The van der Waals surface area contributed by atoms with Gasteiger partial charge < -0.3 is 10.1 Å². The Morgan fingerprint density at radius 1 is 1.00 bits per heavy atom. The van der Waals surface area contributed by atoms with Crippen molar-refractivity contribution in [1.82, 2.24) is 19.9 Å². The van der Waals surface area contributed by atoms with E-state index in [-0.39, 0.29) is 0 Å². The molecule has 0 saturated heterocycles. The summed E-state index contributed by atoms with van der Waals surface area (Å²) in [7, 11) is 0. The molecule has 2 N–H and O–H groups in total. The third kappa shape index (κ3) is 3.12. The number of hydrogen-bond acceptors (Lipinski definition) is 5. The second kappa shape index (κ2) is 6.92. The molecule has 142 valence electrons. The Balaban J connectivity index is 1.52. The molecule has 5 rings (SSSR count). The number of nitrogens with one attached hydrogen (secondary N) is 1. The van der Waals surface area contributed by atoms with Crippen molar-refractivity contribution in [2.24, 2.45) is 0 Å². The fourth-order valence-corrected chi connectivity index (χ4v) is 4.30. The van der Waals surface area contributed by atoms with Gasteiger partial charge >= 0.3 is 0 Å². The molecule has 0 aliphatic carbocycles. The monoisotopic (exact) mass is 398 g/mol. The van der Waals surface area contributed by atoms with E-state index < -0.39 is 5.60 Å². The number of thiazole rings is 1. The van der Waals surface area contributed by atoms with Crippen molar-refractivity contribution in [3.05, 3.63) is 89.8 Å². The Labute approximate surface area is 171 Å². The van der Waals surface area contributed by atoms with E-state index in [4.69, 9.17) is 4.98 Å². The maximum Gasteiger partial charge on any atom is 0.137 e. The van der Waals surface area contributed by atoms with Gasteiger partial charge in [0.1, 0.15) is 16.3 Å². The molecule has 29 heavy (non-hydrogen) atoms. The number of nitrogens with zero attached hydrogens (tertiary/aromatic N) is 3. The van der Waals surface area contributed by atoms with Gasteiger partial charge in [-0.2, -0.15) is 0 Å². The van der Waals surface area contributed by atoms with Gasteiger partial charge in [0, 0.05) is 40.5 Å². The first-order chi connectivity index (χ1) is 14.1. The van der Waals surface area contributed by atoms with E-state index in [1.165, 1.54) is 0 Å². The quantitative estimate of drug-likeness (QED) is 0.446. The minimum atomic E-state index is -1.18. The van der Waals surface area contributed by atoms with Crippen molar-refractivity contribution in [1.29, 1.82) is 0 Å². The first kappa shape index (κ1) is 17.7. The van der Waals surface area contributed by atoms with Crippen LogP contribution in [0.15, 0.2) is 78.6 Å². The predicted octanol–water partition coefficient (Wildman–Crippen LogP) is 5.00. The van der Waals surface area contributed by atoms with Gasteiger partial charge in [-0.25, -0.2) is 9.97 Å². The molecule has 0 amide bonds. The molecule has 1 aromatic carbocycles. The van der Waals surface area contributed by atoms with Crippen LogP contribution in [-0.4, -0.2) is 25.0 Å². The highest BCUT2D eigenvalue weighted by Gasteiger charge is 2.27. The van der Waals surface area contributed by atoms with Gasteiger partial charge in [-0.1, -0.05) is 24.3 Å². The van der Waals surface area contributed by atoms with E-state index >= 15 is 0 Å². The lowest BCUT2D eigenvalue weighted by molar-refractivity contribution is 0.0974. The molecule has 5 aromatic rings. The summed E-state index contributed by atoms with van der Waals surface area (Å²) in [5.74, 6) is 0. The molecule has 5 nitrogen and oxygen atoms in total. The summed E-state index contributed by atoms with van der Waals surface area (Å²) in [6, 6.07) is 17.4. The fraction of sp³-hybridized carbons (Fsp3) is 0.0870. The normalized spacial score (nSPS) is 13.4. The summed E-state index contributed by atoms with van der Waals surface area (Å²) >= 11 is 1.59. The van der Waals surface area contributed by atoms with Gasteiger partial charge in [0.15, 0.2) is 0 Å². The van der Waals surface area contributed by atoms with E-state index in [2.05, 4.69) is 15.0 Å². The van der Waals surface area contributed by atoms with Crippen molar-refractivity contribution < 1.29 is 5.11 Å². The van der Waals surface area contributed by atoms with Crippen molar-refractivity contribution in [2.75, 3.05) is 0 Å². The lowest BCUT2D eigenvalue weighted by Crippen LogP contribution is -2.24. The third-order valence-corrected chi connectivity index (χ3v) is 5.95. The number of benzene rings is 1. The van der Waals surface area contributed by atoms with Gasteiger partial charge in [-0.15, -0.1) is 11.3 Å². The van der Waals surface area contributed by atoms with E-state index in [9.17, 15) is 5.11 Å². The molecular formula is C23H18N4OS. The zero-order valence-electron chi connectivity index (χ0n) is 15.7. The number of H-pyrrole nitrogens is 1. The van der Waals surface area contributed by atoms with Crippen molar-refractivity contribution >= 4 is 22.4 Å². The molecule has 4 heterocycles. The van der Waals surface area contributed by atoms with Crippen LogP contribution in [0.3, 0.4) is 0 Å². The maximum atomic E-state index is 11.1. The second-order valence-electron chi connectivity index (χ2n) is 7.01.